The van der Waals surface area contributed by atoms with E-state index in [0.717, 1.165) is 13.0 Å². The van der Waals surface area contributed by atoms with Crippen molar-refractivity contribution in [2.45, 2.75) is 13.3 Å². The van der Waals surface area contributed by atoms with Crippen molar-refractivity contribution in [3.05, 3.63) is 77.9 Å². The second-order valence-electron chi connectivity index (χ2n) is 5.65. The summed E-state index contributed by atoms with van der Waals surface area (Å²) in [4.78, 5) is 2.34. The van der Waals surface area contributed by atoms with Crippen LogP contribution < -0.4 is 0 Å². The maximum atomic E-state index is 3.98. The Morgan fingerprint density at radius 1 is 1.05 bits per heavy atom. The van der Waals surface area contributed by atoms with Gasteiger partial charge < -0.3 is 4.90 Å². The van der Waals surface area contributed by atoms with E-state index in [4.69, 9.17) is 0 Å². The number of rotatable bonds is 3. The van der Waals surface area contributed by atoms with Crippen LogP contribution >= 0.6 is 0 Å². The number of benzene rings is 2. The summed E-state index contributed by atoms with van der Waals surface area (Å²) in [6.07, 6.45) is 3.10. The molecule has 1 nitrogen and oxygen atoms in total. The van der Waals surface area contributed by atoms with E-state index in [0.29, 0.717) is 0 Å². The molecule has 3 rings (SSSR count). The van der Waals surface area contributed by atoms with E-state index in [1.54, 1.807) is 0 Å². The molecule has 21 heavy (non-hydrogen) atoms. The minimum absolute atomic E-state index is 1.08. The third-order valence-electron chi connectivity index (χ3n) is 4.25. The van der Waals surface area contributed by atoms with E-state index in [2.05, 4.69) is 74.0 Å². The molecule has 0 saturated carbocycles. The van der Waals surface area contributed by atoms with E-state index in [1.807, 2.05) is 6.08 Å². The van der Waals surface area contributed by atoms with Crippen LogP contribution in [0.15, 0.2) is 66.8 Å². The third-order valence-corrected chi connectivity index (χ3v) is 4.25. The van der Waals surface area contributed by atoms with Crippen molar-refractivity contribution < 1.29 is 0 Å². The Hall–Kier alpha value is -2.28. The van der Waals surface area contributed by atoms with Gasteiger partial charge in [0.05, 0.1) is 0 Å². The Morgan fingerprint density at radius 3 is 2.52 bits per heavy atom. The second kappa shape index (κ2) is 5.61. The van der Waals surface area contributed by atoms with E-state index in [9.17, 15) is 0 Å². The molecule has 0 spiro atoms. The first-order chi connectivity index (χ1) is 10.2. The molecule has 0 radical (unpaired) electrons. The van der Waals surface area contributed by atoms with Gasteiger partial charge in [-0.15, -0.1) is 0 Å². The fourth-order valence-corrected chi connectivity index (χ4v) is 3.03. The first-order valence-electron chi connectivity index (χ1n) is 7.44. The summed E-state index contributed by atoms with van der Waals surface area (Å²) in [5, 5.41) is 0. The van der Waals surface area contributed by atoms with Gasteiger partial charge in [0.2, 0.25) is 0 Å². The van der Waals surface area contributed by atoms with Crippen LogP contribution in [0.5, 0.6) is 0 Å². The van der Waals surface area contributed by atoms with Gasteiger partial charge in [0.1, 0.15) is 0 Å². The quantitative estimate of drug-likeness (QED) is 0.770. The largest absolute Gasteiger partial charge is 0.374 e. The molecule has 0 saturated heterocycles. The van der Waals surface area contributed by atoms with Gasteiger partial charge >= 0.3 is 0 Å². The van der Waals surface area contributed by atoms with Gasteiger partial charge in [0.25, 0.3) is 0 Å². The van der Waals surface area contributed by atoms with Crippen molar-refractivity contribution in [3.8, 4) is 11.1 Å². The zero-order valence-corrected chi connectivity index (χ0v) is 12.8. The molecule has 1 heteroatoms. The molecule has 0 aliphatic carbocycles. The molecule has 0 N–H and O–H groups in total. The van der Waals surface area contributed by atoms with Crippen molar-refractivity contribution in [1.29, 1.82) is 0 Å². The van der Waals surface area contributed by atoms with E-state index >= 15 is 0 Å². The number of nitrogens with zero attached hydrogens (tertiary/aromatic N) is 1. The number of aryl methyl sites for hydroxylation is 1. The normalized spacial score (nSPS) is 14.7. The monoisotopic (exact) mass is 275 g/mol. The van der Waals surface area contributed by atoms with Crippen LogP contribution in [0.1, 0.15) is 17.5 Å². The number of hydrogen-bond acceptors (Lipinski definition) is 1. The summed E-state index contributed by atoms with van der Waals surface area (Å²) in [5.41, 5.74) is 7.86. The third kappa shape index (κ3) is 2.52. The van der Waals surface area contributed by atoms with Gasteiger partial charge in [0, 0.05) is 24.9 Å². The lowest BCUT2D eigenvalue weighted by Crippen LogP contribution is -2.12. The molecule has 0 fully saturated rings. The maximum Gasteiger partial charge on any atom is 0.0473 e. The molecule has 0 atom stereocenters. The van der Waals surface area contributed by atoms with E-state index < -0.39 is 0 Å². The van der Waals surface area contributed by atoms with Crippen molar-refractivity contribution in [3.63, 3.8) is 0 Å². The Morgan fingerprint density at radius 2 is 1.81 bits per heavy atom. The molecule has 2 aromatic carbocycles. The zero-order chi connectivity index (χ0) is 14.8. The summed E-state index contributed by atoms with van der Waals surface area (Å²) in [5.74, 6) is 0. The lowest BCUT2D eigenvalue weighted by Gasteiger charge is -2.19. The molecule has 106 valence electrons. The van der Waals surface area contributed by atoms with Crippen LogP contribution in [-0.4, -0.2) is 18.5 Å². The Labute approximate surface area is 127 Å². The highest BCUT2D eigenvalue weighted by atomic mass is 15.1. The lowest BCUT2D eigenvalue weighted by molar-refractivity contribution is 0.517. The number of hydrogen-bond donors (Lipinski definition) is 0. The molecule has 1 aliphatic heterocycles. The fourth-order valence-electron chi connectivity index (χ4n) is 3.03. The Balaban J connectivity index is 2.13. The smallest absolute Gasteiger partial charge is 0.0473 e. The highest BCUT2D eigenvalue weighted by molar-refractivity contribution is 5.77. The minimum Gasteiger partial charge on any atom is -0.374 e. The first kappa shape index (κ1) is 13.7. The molecule has 0 aromatic heterocycles. The standard InChI is InChI=1S/C20H21N/c1-4-16-12-13-21(3)20(16)19-14-18(11-10-15(19)2)17-8-6-5-7-9-17/h4-11,14H,1,12-13H2,2-3H3. The van der Waals surface area contributed by atoms with Gasteiger partial charge in [-0.2, -0.15) is 0 Å². The lowest BCUT2D eigenvalue weighted by atomic mass is 9.96. The Kier molecular flexibility index (Phi) is 3.66. The fraction of sp³-hybridized carbons (Fsp3) is 0.200. The van der Waals surface area contributed by atoms with Crippen LogP contribution in [0.2, 0.25) is 0 Å². The molecular weight excluding hydrogens is 254 g/mol. The topological polar surface area (TPSA) is 3.24 Å². The molecule has 1 heterocycles. The van der Waals surface area contributed by atoms with Crippen LogP contribution in [0.4, 0.5) is 0 Å². The van der Waals surface area contributed by atoms with Gasteiger partial charge in [-0.1, -0.05) is 55.1 Å². The number of allylic oxidation sites excluding steroid dienone is 1. The summed E-state index contributed by atoms with van der Waals surface area (Å²) in [7, 11) is 2.17. The average molecular weight is 275 g/mol. The van der Waals surface area contributed by atoms with Crippen LogP contribution in [-0.2, 0) is 0 Å². The first-order valence-corrected chi connectivity index (χ1v) is 7.44. The highest BCUT2D eigenvalue weighted by Crippen LogP contribution is 2.34. The molecule has 2 aromatic rings. The molecular formula is C20H21N. The second-order valence-corrected chi connectivity index (χ2v) is 5.65. The highest BCUT2D eigenvalue weighted by Gasteiger charge is 2.20. The van der Waals surface area contributed by atoms with Crippen molar-refractivity contribution in [2.75, 3.05) is 13.6 Å². The van der Waals surface area contributed by atoms with Crippen LogP contribution in [0, 0.1) is 6.92 Å². The average Bonchev–Trinajstić information content (AvgIpc) is 2.89. The molecule has 1 aliphatic rings. The van der Waals surface area contributed by atoms with E-state index in [1.165, 1.54) is 33.5 Å². The van der Waals surface area contributed by atoms with Crippen LogP contribution in [0.25, 0.3) is 16.8 Å². The predicted molar refractivity (Wildman–Crippen MR) is 91.0 cm³/mol. The van der Waals surface area contributed by atoms with Gasteiger partial charge in [-0.3, -0.25) is 0 Å². The molecule has 0 unspecified atom stereocenters. The summed E-state index contributed by atoms with van der Waals surface area (Å²) in [6, 6.07) is 17.3. The van der Waals surface area contributed by atoms with Crippen molar-refractivity contribution in [2.24, 2.45) is 0 Å². The maximum absolute atomic E-state index is 3.98. The molecule has 0 amide bonds. The van der Waals surface area contributed by atoms with Gasteiger partial charge in [0.15, 0.2) is 0 Å². The summed E-state index contributed by atoms with van der Waals surface area (Å²) < 4.78 is 0. The zero-order valence-electron chi connectivity index (χ0n) is 12.8. The summed E-state index contributed by atoms with van der Waals surface area (Å²) in [6.45, 7) is 7.24. The van der Waals surface area contributed by atoms with Gasteiger partial charge in [-0.05, 0) is 41.7 Å². The van der Waals surface area contributed by atoms with Crippen molar-refractivity contribution >= 4 is 5.70 Å². The van der Waals surface area contributed by atoms with Gasteiger partial charge in [-0.25, -0.2) is 0 Å². The van der Waals surface area contributed by atoms with E-state index in [-0.39, 0.29) is 0 Å². The van der Waals surface area contributed by atoms with Crippen LogP contribution in [0.3, 0.4) is 0 Å². The predicted octanol–water partition coefficient (Wildman–Crippen LogP) is 4.89. The SMILES string of the molecule is C=CC1=C(c2cc(-c3ccccc3)ccc2C)N(C)CC1. The minimum atomic E-state index is 1.08. The van der Waals surface area contributed by atoms with Crippen molar-refractivity contribution in [1.82, 2.24) is 4.90 Å². The molecule has 0 bridgehead atoms. The Bertz CT molecular complexity index is 695. The summed E-state index contributed by atoms with van der Waals surface area (Å²) >= 11 is 0.